The van der Waals surface area contributed by atoms with Crippen LogP contribution < -0.4 is 0 Å². The van der Waals surface area contributed by atoms with E-state index in [0.29, 0.717) is 13.2 Å². The molecule has 0 aliphatic carbocycles. The molecule has 0 aliphatic rings. The van der Waals surface area contributed by atoms with E-state index in [-0.39, 0.29) is 17.6 Å². The summed E-state index contributed by atoms with van der Waals surface area (Å²) in [5.74, 6) is -0.169. The Morgan fingerprint density at radius 3 is 2.34 bits per heavy atom. The van der Waals surface area contributed by atoms with Crippen LogP contribution >= 0.6 is 15.9 Å². The van der Waals surface area contributed by atoms with Crippen molar-refractivity contribution < 1.29 is 17.0 Å². The van der Waals surface area contributed by atoms with Crippen LogP contribution in [0.15, 0.2) is 28.9 Å². The largest absolute Gasteiger partial charge is 0.416 e. The van der Waals surface area contributed by atoms with Crippen LogP contribution in [0.2, 0.25) is 18.1 Å². The molecule has 1 heterocycles. The number of nitrogens with zero attached hydrogens (tertiary/aromatic N) is 2. The van der Waals surface area contributed by atoms with E-state index in [9.17, 15) is 8.42 Å². The van der Waals surface area contributed by atoms with Gasteiger partial charge in [0.2, 0.25) is 0 Å². The van der Waals surface area contributed by atoms with Gasteiger partial charge in [0.05, 0.1) is 18.4 Å². The molecule has 1 unspecified atom stereocenters. The molecule has 0 saturated heterocycles. The molecule has 0 radical (unpaired) electrons. The second kappa shape index (κ2) is 9.59. The molecule has 0 amide bonds. The van der Waals surface area contributed by atoms with Crippen molar-refractivity contribution in [1.82, 2.24) is 4.57 Å². The third-order valence-electron chi connectivity index (χ3n) is 6.24. The molecular formula is C23H35BrN2O4SSi. The van der Waals surface area contributed by atoms with Gasteiger partial charge in [0.15, 0.2) is 8.32 Å². The standard InChI is InChI=1S/C23H35BrN2O4SSi/c1-22(2,3)32(8,9)30-16-17(15-29-31(7,27)28)13-26-14-20(23(4,5)25-6)19-11-10-18(24)12-21(19)26/h10-12,14,17H,13,15-16H2,1-5,7-9H3. The van der Waals surface area contributed by atoms with Crippen molar-refractivity contribution >= 4 is 45.3 Å². The average Bonchev–Trinajstić information content (AvgIpc) is 3.00. The minimum absolute atomic E-state index is 0.0443. The normalized spacial score (nSPS) is 14.5. The van der Waals surface area contributed by atoms with Crippen molar-refractivity contribution in [3.05, 3.63) is 45.8 Å². The zero-order chi connectivity index (χ0) is 24.5. The van der Waals surface area contributed by atoms with Gasteiger partial charge in [-0.1, -0.05) is 42.8 Å². The predicted molar refractivity (Wildman–Crippen MR) is 137 cm³/mol. The van der Waals surface area contributed by atoms with Gasteiger partial charge in [0.1, 0.15) is 0 Å². The van der Waals surface area contributed by atoms with E-state index < -0.39 is 24.0 Å². The molecule has 0 saturated carbocycles. The first kappa shape index (κ1) is 27.1. The Morgan fingerprint density at radius 2 is 1.81 bits per heavy atom. The number of benzene rings is 1. The first-order valence-corrected chi connectivity index (χ1v) is 16.1. The highest BCUT2D eigenvalue weighted by Crippen LogP contribution is 2.38. The molecule has 1 aromatic heterocycles. The van der Waals surface area contributed by atoms with Crippen molar-refractivity contribution in [2.24, 2.45) is 5.92 Å². The second-order valence-electron chi connectivity index (χ2n) is 10.5. The summed E-state index contributed by atoms with van der Waals surface area (Å²) in [5, 5.41) is 1.06. The SMILES string of the molecule is [C-]#[N+]C(C)(C)c1cn(CC(CO[Si](C)(C)C(C)(C)C)COS(C)(=O)=O)c2cc(Br)ccc12. The van der Waals surface area contributed by atoms with Crippen LogP contribution in [0.5, 0.6) is 0 Å². The van der Waals surface area contributed by atoms with Gasteiger partial charge >= 0.3 is 0 Å². The summed E-state index contributed by atoms with van der Waals surface area (Å²) < 4.78 is 38.0. The molecule has 0 aliphatic heterocycles. The summed E-state index contributed by atoms with van der Waals surface area (Å²) >= 11 is 3.55. The van der Waals surface area contributed by atoms with Gasteiger partial charge in [0, 0.05) is 54.5 Å². The molecule has 2 aromatic rings. The highest BCUT2D eigenvalue weighted by molar-refractivity contribution is 9.10. The van der Waals surface area contributed by atoms with Crippen LogP contribution in [0.4, 0.5) is 0 Å². The van der Waals surface area contributed by atoms with Crippen molar-refractivity contribution in [2.75, 3.05) is 19.5 Å². The fourth-order valence-electron chi connectivity index (χ4n) is 3.16. The van der Waals surface area contributed by atoms with Gasteiger partial charge in [-0.3, -0.25) is 4.18 Å². The van der Waals surface area contributed by atoms with E-state index in [0.717, 1.165) is 27.2 Å². The fourth-order valence-corrected chi connectivity index (χ4v) is 5.03. The maximum atomic E-state index is 11.7. The quantitative estimate of drug-likeness (QED) is 0.216. The number of rotatable bonds is 9. The Kier molecular flexibility index (Phi) is 8.11. The summed E-state index contributed by atoms with van der Waals surface area (Å²) in [6.45, 7) is 23.3. The summed E-state index contributed by atoms with van der Waals surface area (Å²) in [6.07, 6.45) is 3.08. The van der Waals surface area contributed by atoms with E-state index in [1.807, 2.05) is 38.2 Å². The lowest BCUT2D eigenvalue weighted by molar-refractivity contribution is 0.158. The molecule has 178 valence electrons. The van der Waals surface area contributed by atoms with Crippen LogP contribution in [0, 0.1) is 12.5 Å². The predicted octanol–water partition coefficient (Wildman–Crippen LogP) is 6.17. The first-order chi connectivity index (χ1) is 14.5. The smallest absolute Gasteiger partial charge is 0.264 e. The number of hydrogen-bond donors (Lipinski definition) is 0. The van der Waals surface area contributed by atoms with Crippen molar-refractivity contribution in [3.63, 3.8) is 0 Å². The maximum absolute atomic E-state index is 11.7. The first-order valence-electron chi connectivity index (χ1n) is 10.6. The van der Waals surface area contributed by atoms with E-state index in [2.05, 4.69) is 59.2 Å². The highest BCUT2D eigenvalue weighted by Gasteiger charge is 2.38. The molecule has 32 heavy (non-hydrogen) atoms. The molecule has 0 spiro atoms. The van der Waals surface area contributed by atoms with Crippen molar-refractivity contribution in [1.29, 1.82) is 0 Å². The minimum Gasteiger partial charge on any atom is -0.416 e. The van der Waals surface area contributed by atoms with Crippen LogP contribution in [0.1, 0.15) is 40.2 Å². The van der Waals surface area contributed by atoms with Crippen molar-refractivity contribution in [3.8, 4) is 0 Å². The van der Waals surface area contributed by atoms with Gasteiger partial charge in [-0.05, 0) is 30.3 Å². The summed E-state index contributed by atoms with van der Waals surface area (Å²) in [5.41, 5.74) is 1.26. The average molecular weight is 544 g/mol. The molecule has 0 N–H and O–H groups in total. The zero-order valence-electron chi connectivity index (χ0n) is 20.3. The Morgan fingerprint density at radius 1 is 1.19 bits per heavy atom. The van der Waals surface area contributed by atoms with Gasteiger partial charge in [-0.25, -0.2) is 6.57 Å². The number of aromatic nitrogens is 1. The van der Waals surface area contributed by atoms with Crippen LogP contribution in [-0.2, 0) is 30.8 Å². The zero-order valence-corrected chi connectivity index (χ0v) is 23.7. The molecule has 6 nitrogen and oxygen atoms in total. The molecule has 2 rings (SSSR count). The topological polar surface area (TPSA) is 61.9 Å². The molecule has 1 aromatic carbocycles. The molecular weight excluding hydrogens is 508 g/mol. The van der Waals surface area contributed by atoms with Gasteiger partial charge < -0.3 is 13.8 Å². The third kappa shape index (κ3) is 6.67. The summed E-state index contributed by atoms with van der Waals surface area (Å²) in [4.78, 5) is 3.82. The molecule has 9 heteroatoms. The third-order valence-corrected chi connectivity index (χ3v) is 11.8. The number of halogens is 1. The lowest BCUT2D eigenvalue weighted by atomic mass is 9.95. The molecule has 0 bridgehead atoms. The fraction of sp³-hybridized carbons (Fsp3) is 0.609. The van der Waals surface area contributed by atoms with Crippen LogP contribution in [0.25, 0.3) is 15.7 Å². The Hall–Kier alpha value is -1.18. The lowest BCUT2D eigenvalue weighted by Crippen LogP contribution is -2.42. The monoisotopic (exact) mass is 542 g/mol. The van der Waals surface area contributed by atoms with Gasteiger partial charge in [-0.15, -0.1) is 0 Å². The second-order valence-corrected chi connectivity index (χ2v) is 17.8. The van der Waals surface area contributed by atoms with E-state index in [1.165, 1.54) is 0 Å². The van der Waals surface area contributed by atoms with Gasteiger partial charge in [0.25, 0.3) is 15.7 Å². The highest BCUT2D eigenvalue weighted by atomic mass is 79.9. The number of fused-ring (bicyclic) bond motifs is 1. The molecule has 0 fully saturated rings. The minimum atomic E-state index is -3.57. The van der Waals surface area contributed by atoms with E-state index in [4.69, 9.17) is 15.2 Å². The lowest BCUT2D eigenvalue weighted by Gasteiger charge is -2.37. The summed E-state index contributed by atoms with van der Waals surface area (Å²) in [6, 6.07) is 6.02. The Bertz CT molecular complexity index is 1110. The maximum Gasteiger partial charge on any atom is 0.264 e. The van der Waals surface area contributed by atoms with E-state index in [1.54, 1.807) is 0 Å². The Labute approximate surface area is 202 Å². The Balaban J connectivity index is 2.43. The van der Waals surface area contributed by atoms with E-state index >= 15 is 0 Å². The summed E-state index contributed by atoms with van der Waals surface area (Å²) in [7, 11) is -5.58. The number of hydrogen-bond acceptors (Lipinski definition) is 4. The van der Waals surface area contributed by atoms with Gasteiger partial charge in [-0.2, -0.15) is 8.42 Å². The van der Waals surface area contributed by atoms with Crippen LogP contribution in [-0.4, -0.2) is 40.8 Å². The van der Waals surface area contributed by atoms with Crippen LogP contribution in [0.3, 0.4) is 0 Å². The molecule has 1 atom stereocenters. The van der Waals surface area contributed by atoms with Crippen molar-refractivity contribution in [2.45, 2.75) is 64.8 Å².